The number of rotatable bonds is 0. The van der Waals surface area contributed by atoms with Crippen LogP contribution in [0.25, 0.3) is 0 Å². The summed E-state index contributed by atoms with van der Waals surface area (Å²) >= 11 is 0. The van der Waals surface area contributed by atoms with Gasteiger partial charge in [-0.3, -0.25) is 20.0 Å². The zero-order valence-electron chi connectivity index (χ0n) is 45.4. The summed E-state index contributed by atoms with van der Waals surface area (Å²) in [7, 11) is 0. The van der Waals surface area contributed by atoms with Crippen LogP contribution in [-0.4, -0.2) is 98.1 Å². The van der Waals surface area contributed by atoms with Gasteiger partial charge in [-0.1, -0.05) is 121 Å². The Hall–Kier alpha value is -9.76. The van der Waals surface area contributed by atoms with E-state index in [1.54, 1.807) is 49.1 Å². The Balaban J connectivity index is 0.888. The highest BCUT2D eigenvalue weighted by Crippen LogP contribution is 2.35. The number of phenolic OH excluding ortho intramolecular Hbond substituents is 4. The van der Waals surface area contributed by atoms with E-state index in [0.717, 1.165) is 11.1 Å². The number of phenols is 4. The quantitative estimate of drug-likeness (QED) is 0.107. The maximum absolute atomic E-state index is 11.4. The lowest BCUT2D eigenvalue weighted by molar-refractivity contribution is 0.0767. The summed E-state index contributed by atoms with van der Waals surface area (Å²) in [4.78, 5) is 18.7. The number of allylic oxidation sites excluding steroid dienone is 2. The van der Waals surface area contributed by atoms with Crippen molar-refractivity contribution in [2.75, 3.05) is 52.9 Å². The van der Waals surface area contributed by atoms with E-state index >= 15 is 0 Å². The van der Waals surface area contributed by atoms with Crippen molar-refractivity contribution in [2.45, 2.75) is 25.7 Å². The second-order valence-electron chi connectivity index (χ2n) is 19.1. The maximum atomic E-state index is 11.4. The highest BCUT2D eigenvalue weighted by Gasteiger charge is 2.15. The van der Waals surface area contributed by atoms with Gasteiger partial charge in [0.2, 0.25) is 0 Å². The van der Waals surface area contributed by atoms with Crippen LogP contribution in [0.1, 0.15) is 44.5 Å². The predicted octanol–water partition coefficient (Wildman–Crippen LogP) is 13.5. The Morgan fingerprint density at radius 1 is 0.280 bits per heavy atom. The number of ether oxygens (including phenoxy) is 6. The van der Waals surface area contributed by atoms with Crippen LogP contribution in [-0.2, 0) is 35.2 Å². The fourth-order valence-corrected chi connectivity index (χ4v) is 8.98. The molecule has 1 aliphatic heterocycles. The Bertz CT molecular complexity index is 3160. The Morgan fingerprint density at radius 3 is 0.756 bits per heavy atom. The fourth-order valence-electron chi connectivity index (χ4n) is 8.98. The fraction of sp³-hybridized carbons (Fsp3) is 0.176. The van der Waals surface area contributed by atoms with Gasteiger partial charge in [-0.15, -0.1) is 0 Å². The average Bonchev–Trinajstić information content (AvgIpc) is 3.48. The molecule has 0 unspecified atom stereocenters. The molecule has 0 amide bonds. The average molecular weight is 1100 g/mol. The summed E-state index contributed by atoms with van der Waals surface area (Å²) in [6.45, 7) is 10.8. The lowest BCUT2D eigenvalue weighted by Crippen LogP contribution is -2.12. The Labute approximate surface area is 477 Å². The normalized spacial score (nSPS) is 14.6. The van der Waals surface area contributed by atoms with Crippen molar-refractivity contribution in [3.8, 4) is 46.0 Å². The van der Waals surface area contributed by atoms with Crippen LogP contribution in [0.15, 0.2) is 214 Å². The molecule has 9 rings (SSSR count). The molecule has 0 aromatic heterocycles. The smallest absolute Gasteiger partial charge is 0.145 e. The van der Waals surface area contributed by atoms with E-state index in [-0.39, 0.29) is 49.4 Å². The molecule has 416 valence electrons. The number of hydrogen-bond donors (Lipinski definition) is 4. The van der Waals surface area contributed by atoms with Crippen LogP contribution in [0.5, 0.6) is 46.0 Å². The molecule has 0 spiro atoms. The van der Waals surface area contributed by atoms with Gasteiger partial charge in [0.15, 0.2) is 0 Å². The lowest BCUT2D eigenvalue weighted by atomic mass is 9.96. The first kappa shape index (κ1) is 56.9. The summed E-state index contributed by atoms with van der Waals surface area (Å²) in [5, 5.41) is 45.6. The molecule has 8 aromatic carbocycles. The van der Waals surface area contributed by atoms with Crippen molar-refractivity contribution < 1.29 is 48.8 Å². The third-order valence-corrected chi connectivity index (χ3v) is 13.1. The minimum atomic E-state index is 0.0819. The summed E-state index contributed by atoms with van der Waals surface area (Å²) in [5.74, 6) is 2.54. The SMILES string of the molecule is C=C1Cc2cccc(c2O)C=Nc2ccccc2OCCOCCOc2ccccc2N=Cc2cccc(c2O)CC(=C)Cc2cccc(c2O)C=Nc2ccccc2OCCOCCOc2ccccc2N=Cc2cccc(c2O)C1. The van der Waals surface area contributed by atoms with Gasteiger partial charge in [-0.25, -0.2) is 0 Å². The summed E-state index contributed by atoms with van der Waals surface area (Å²) in [6, 6.07) is 51.5. The van der Waals surface area contributed by atoms with E-state index < -0.39 is 0 Å². The molecule has 14 nitrogen and oxygen atoms in total. The minimum Gasteiger partial charge on any atom is -0.507 e. The lowest BCUT2D eigenvalue weighted by Gasteiger charge is -2.13. The number of para-hydroxylation sites is 12. The summed E-state index contributed by atoms with van der Waals surface area (Å²) in [5.41, 5.74) is 8.65. The number of benzene rings is 8. The highest BCUT2D eigenvalue weighted by molar-refractivity contribution is 5.89. The van der Waals surface area contributed by atoms with Crippen LogP contribution < -0.4 is 18.9 Å². The van der Waals surface area contributed by atoms with Crippen molar-refractivity contribution in [3.05, 3.63) is 239 Å². The van der Waals surface area contributed by atoms with E-state index in [1.165, 1.54) is 0 Å². The molecule has 0 aliphatic carbocycles. The molecule has 4 N–H and O–H groups in total. The van der Waals surface area contributed by atoms with Gasteiger partial charge in [0.25, 0.3) is 0 Å². The molecule has 8 aromatic rings. The highest BCUT2D eigenvalue weighted by atomic mass is 16.6. The van der Waals surface area contributed by atoms with Crippen molar-refractivity contribution >= 4 is 47.6 Å². The standard InChI is InChI=1S/C68H64N4O10/c1-47-39-49-15-11-19-53(65(49)73)43-69-57-23-3-7-27-61(57)79-35-31-77-33-37-81-63-29-9-5-25-59(63)71-45-55-21-13-17-51(67(55)75)41-48(2)42-52-18-14-22-56(68(52)76)46-72-60-26-6-10-30-64(60)82-38-34-78-32-36-80-62-28-8-4-24-58(62)70-44-54-20-12-16-50(40-47)66(54)74/h3-30,43-46,73-76H,1-2,31-42H2. The molecule has 82 heavy (non-hydrogen) atoms. The zero-order chi connectivity index (χ0) is 56.9. The van der Waals surface area contributed by atoms with E-state index in [0.29, 0.717) is 142 Å². The zero-order valence-corrected chi connectivity index (χ0v) is 45.4. The first-order chi connectivity index (χ1) is 40.2. The van der Waals surface area contributed by atoms with Crippen molar-refractivity contribution in [3.63, 3.8) is 0 Å². The van der Waals surface area contributed by atoms with Crippen LogP contribution in [0.2, 0.25) is 0 Å². The monoisotopic (exact) mass is 1100 g/mol. The van der Waals surface area contributed by atoms with E-state index in [2.05, 4.69) is 33.1 Å². The summed E-state index contributed by atoms with van der Waals surface area (Å²) in [6.07, 6.45) is 7.87. The minimum absolute atomic E-state index is 0.0819. The van der Waals surface area contributed by atoms with Crippen LogP contribution in [0.3, 0.4) is 0 Å². The Kier molecular flexibility index (Phi) is 20.1. The van der Waals surface area contributed by atoms with Crippen LogP contribution in [0.4, 0.5) is 22.7 Å². The molecule has 1 heterocycles. The van der Waals surface area contributed by atoms with Gasteiger partial charge >= 0.3 is 0 Å². The molecule has 1 aliphatic rings. The van der Waals surface area contributed by atoms with Crippen LogP contribution >= 0.6 is 0 Å². The number of nitrogens with zero attached hydrogens (tertiary/aromatic N) is 4. The van der Waals surface area contributed by atoms with Crippen molar-refractivity contribution in [1.29, 1.82) is 0 Å². The molecule has 14 heteroatoms. The first-order valence-corrected chi connectivity index (χ1v) is 26.9. The molecule has 0 saturated heterocycles. The second kappa shape index (κ2) is 28.9. The molecular weight excluding hydrogens is 1030 g/mol. The molecule has 0 fully saturated rings. The largest absolute Gasteiger partial charge is 0.507 e. The van der Waals surface area contributed by atoms with Crippen molar-refractivity contribution in [1.82, 2.24) is 0 Å². The van der Waals surface area contributed by atoms with E-state index in [4.69, 9.17) is 28.4 Å². The number of hydrogen-bond acceptors (Lipinski definition) is 14. The Morgan fingerprint density at radius 2 is 0.512 bits per heavy atom. The molecule has 0 radical (unpaired) electrons. The third kappa shape index (κ3) is 15.7. The van der Waals surface area contributed by atoms with Gasteiger partial charge in [-0.05, 0) is 121 Å². The van der Waals surface area contributed by atoms with Crippen LogP contribution in [0, 0.1) is 0 Å². The molecule has 8 bridgehead atoms. The molecular formula is C68H64N4O10. The summed E-state index contributed by atoms with van der Waals surface area (Å²) < 4.78 is 36.0. The number of aliphatic imine (C=N–C) groups is 4. The van der Waals surface area contributed by atoms with E-state index in [1.807, 2.05) is 146 Å². The van der Waals surface area contributed by atoms with Gasteiger partial charge < -0.3 is 48.8 Å². The van der Waals surface area contributed by atoms with Gasteiger partial charge in [0.1, 0.15) is 95.2 Å². The topological polar surface area (TPSA) is 186 Å². The number of fused-ring (bicyclic) bond motifs is 12. The predicted molar refractivity (Wildman–Crippen MR) is 324 cm³/mol. The van der Waals surface area contributed by atoms with Gasteiger partial charge in [0, 0.05) is 47.1 Å². The van der Waals surface area contributed by atoms with Crippen molar-refractivity contribution in [2.24, 2.45) is 20.0 Å². The van der Waals surface area contributed by atoms with Gasteiger partial charge in [0.05, 0.1) is 26.4 Å². The first-order valence-electron chi connectivity index (χ1n) is 26.9. The molecule has 0 atom stereocenters. The molecule has 0 saturated carbocycles. The maximum Gasteiger partial charge on any atom is 0.145 e. The van der Waals surface area contributed by atoms with E-state index in [9.17, 15) is 20.4 Å². The third-order valence-electron chi connectivity index (χ3n) is 13.1. The number of aromatic hydroxyl groups is 4. The van der Waals surface area contributed by atoms with Gasteiger partial charge in [-0.2, -0.15) is 0 Å². The second-order valence-corrected chi connectivity index (χ2v) is 19.1.